The average Bonchev–Trinajstić information content (AvgIpc) is 2.70. The highest BCUT2D eigenvalue weighted by Gasteiger charge is 2.34. The highest BCUT2D eigenvalue weighted by molar-refractivity contribution is 5.86. The molecule has 0 unspecified atom stereocenters. The first-order valence-corrected chi connectivity index (χ1v) is 6.00. The van der Waals surface area contributed by atoms with Crippen LogP contribution in [0.2, 0.25) is 0 Å². The molecular formula is C11H16N2O5. The first kappa shape index (κ1) is 12.7. The third-order valence-corrected chi connectivity index (χ3v) is 3.26. The second-order valence-electron chi connectivity index (χ2n) is 4.53. The van der Waals surface area contributed by atoms with Gasteiger partial charge in [-0.15, -0.1) is 0 Å². The van der Waals surface area contributed by atoms with Crippen LogP contribution in [-0.4, -0.2) is 65.7 Å². The van der Waals surface area contributed by atoms with E-state index < -0.39 is 11.9 Å². The van der Waals surface area contributed by atoms with E-state index >= 15 is 0 Å². The van der Waals surface area contributed by atoms with Crippen LogP contribution in [0.15, 0.2) is 0 Å². The van der Waals surface area contributed by atoms with Gasteiger partial charge in [-0.25, -0.2) is 4.79 Å². The topological polar surface area (TPSA) is 87.2 Å². The number of amides is 2. The van der Waals surface area contributed by atoms with Crippen LogP contribution >= 0.6 is 0 Å². The lowest BCUT2D eigenvalue weighted by atomic mass is 10.1. The zero-order valence-electron chi connectivity index (χ0n) is 10.0. The van der Waals surface area contributed by atoms with E-state index in [9.17, 15) is 14.4 Å². The summed E-state index contributed by atoms with van der Waals surface area (Å²) >= 11 is 0. The normalized spacial score (nSPS) is 24.3. The standard InChI is InChI=1S/C11H16N2O5/c14-9-6-8(10(15)16)7-13(9)4-3-12-2-1-5-18-11(12)17/h8H,1-7H2,(H,15,16)/t8-/m0/s1. The fourth-order valence-electron chi connectivity index (χ4n) is 2.20. The van der Waals surface area contributed by atoms with Crippen LogP contribution in [0.5, 0.6) is 0 Å². The molecule has 0 aromatic heterocycles. The number of ether oxygens (including phenoxy) is 1. The van der Waals surface area contributed by atoms with Crippen LogP contribution in [0.25, 0.3) is 0 Å². The molecule has 2 amide bonds. The summed E-state index contributed by atoms with van der Waals surface area (Å²) < 4.78 is 4.88. The molecule has 0 bridgehead atoms. The minimum Gasteiger partial charge on any atom is -0.481 e. The lowest BCUT2D eigenvalue weighted by Gasteiger charge is -2.28. The molecule has 0 spiro atoms. The lowest BCUT2D eigenvalue weighted by Crippen LogP contribution is -2.43. The summed E-state index contributed by atoms with van der Waals surface area (Å²) in [6, 6.07) is 0. The van der Waals surface area contributed by atoms with Crippen LogP contribution < -0.4 is 0 Å². The molecule has 2 heterocycles. The Labute approximate surface area is 104 Å². The Kier molecular flexibility index (Phi) is 3.69. The van der Waals surface area contributed by atoms with E-state index in [1.165, 1.54) is 4.90 Å². The minimum absolute atomic E-state index is 0.0553. The Bertz CT molecular complexity index is 370. The zero-order chi connectivity index (χ0) is 13.1. The van der Waals surface area contributed by atoms with Gasteiger partial charge in [0, 0.05) is 32.6 Å². The van der Waals surface area contributed by atoms with E-state index in [2.05, 4.69) is 0 Å². The molecule has 2 rings (SSSR count). The van der Waals surface area contributed by atoms with Gasteiger partial charge in [0.1, 0.15) is 0 Å². The van der Waals surface area contributed by atoms with Gasteiger partial charge in [0.2, 0.25) is 5.91 Å². The highest BCUT2D eigenvalue weighted by Crippen LogP contribution is 2.17. The van der Waals surface area contributed by atoms with Crippen molar-refractivity contribution in [1.82, 2.24) is 9.80 Å². The lowest BCUT2D eigenvalue weighted by molar-refractivity contribution is -0.141. The smallest absolute Gasteiger partial charge is 0.409 e. The predicted octanol–water partition coefficient (Wildman–Crippen LogP) is -0.238. The van der Waals surface area contributed by atoms with E-state index in [4.69, 9.17) is 9.84 Å². The van der Waals surface area contributed by atoms with Crippen molar-refractivity contribution >= 4 is 18.0 Å². The summed E-state index contributed by atoms with van der Waals surface area (Å²) in [5.74, 6) is -1.72. The van der Waals surface area contributed by atoms with Crippen molar-refractivity contribution in [2.24, 2.45) is 5.92 Å². The molecule has 0 radical (unpaired) electrons. The summed E-state index contributed by atoms with van der Waals surface area (Å²) in [6.45, 7) is 2.08. The van der Waals surface area contributed by atoms with Gasteiger partial charge in [-0.1, -0.05) is 0 Å². The van der Waals surface area contributed by atoms with Gasteiger partial charge in [0.25, 0.3) is 0 Å². The number of carboxylic acids is 1. The summed E-state index contributed by atoms with van der Waals surface area (Å²) in [5.41, 5.74) is 0. The number of carbonyl (C=O) groups is 3. The van der Waals surface area contributed by atoms with Crippen LogP contribution in [0.4, 0.5) is 4.79 Å². The fourth-order valence-corrected chi connectivity index (χ4v) is 2.20. The van der Waals surface area contributed by atoms with Crippen LogP contribution in [-0.2, 0) is 14.3 Å². The number of hydrogen-bond acceptors (Lipinski definition) is 4. The quantitative estimate of drug-likeness (QED) is 0.750. The summed E-state index contributed by atoms with van der Waals surface area (Å²) in [7, 11) is 0. The fraction of sp³-hybridized carbons (Fsp3) is 0.727. The molecule has 0 aliphatic carbocycles. The average molecular weight is 256 g/mol. The van der Waals surface area contributed by atoms with E-state index in [0.29, 0.717) is 26.2 Å². The first-order chi connectivity index (χ1) is 8.58. The Morgan fingerprint density at radius 2 is 2.06 bits per heavy atom. The Morgan fingerprint density at radius 1 is 1.33 bits per heavy atom. The Hall–Kier alpha value is -1.79. The van der Waals surface area contributed by atoms with E-state index in [1.807, 2.05) is 0 Å². The molecule has 7 heteroatoms. The predicted molar refractivity (Wildman–Crippen MR) is 59.9 cm³/mol. The molecule has 2 aliphatic rings. The number of carbonyl (C=O) groups excluding carboxylic acids is 2. The van der Waals surface area contributed by atoms with Crippen LogP contribution in [0.1, 0.15) is 12.8 Å². The molecular weight excluding hydrogens is 240 g/mol. The molecule has 0 aromatic rings. The molecule has 1 atom stereocenters. The van der Waals surface area contributed by atoms with E-state index in [-0.39, 0.29) is 25.0 Å². The minimum atomic E-state index is -0.941. The molecule has 0 saturated carbocycles. The molecule has 2 fully saturated rings. The first-order valence-electron chi connectivity index (χ1n) is 6.00. The van der Waals surface area contributed by atoms with Gasteiger partial charge in [0.15, 0.2) is 0 Å². The third-order valence-electron chi connectivity index (χ3n) is 3.26. The van der Waals surface area contributed by atoms with Crippen LogP contribution in [0, 0.1) is 5.92 Å². The maximum atomic E-state index is 11.6. The second-order valence-corrected chi connectivity index (χ2v) is 4.53. The van der Waals surface area contributed by atoms with Gasteiger partial charge in [-0.3, -0.25) is 9.59 Å². The van der Waals surface area contributed by atoms with E-state index in [1.54, 1.807) is 4.90 Å². The highest BCUT2D eigenvalue weighted by atomic mass is 16.6. The zero-order valence-corrected chi connectivity index (χ0v) is 10.0. The third kappa shape index (κ3) is 2.72. The summed E-state index contributed by atoms with van der Waals surface area (Å²) in [6.07, 6.45) is 0.486. The Morgan fingerprint density at radius 3 is 2.67 bits per heavy atom. The Balaban J connectivity index is 1.81. The number of hydrogen-bond donors (Lipinski definition) is 1. The van der Waals surface area contributed by atoms with Crippen molar-refractivity contribution in [2.45, 2.75) is 12.8 Å². The number of carboxylic acid groups (broad SMARTS) is 1. The SMILES string of the molecule is O=C(O)[C@H]1CC(=O)N(CCN2CCCOC2=O)C1. The molecule has 2 saturated heterocycles. The van der Waals surface area contributed by atoms with Gasteiger partial charge >= 0.3 is 12.1 Å². The van der Waals surface area contributed by atoms with Crippen molar-refractivity contribution in [3.63, 3.8) is 0 Å². The van der Waals surface area contributed by atoms with Gasteiger partial charge in [-0.2, -0.15) is 0 Å². The molecule has 2 aliphatic heterocycles. The maximum absolute atomic E-state index is 11.6. The van der Waals surface area contributed by atoms with Gasteiger partial charge in [-0.05, 0) is 6.42 Å². The molecule has 0 aromatic carbocycles. The van der Waals surface area contributed by atoms with Crippen LogP contribution in [0.3, 0.4) is 0 Å². The summed E-state index contributed by atoms with van der Waals surface area (Å²) in [5, 5.41) is 8.84. The summed E-state index contributed by atoms with van der Waals surface area (Å²) in [4.78, 5) is 36.8. The number of likely N-dealkylation sites (tertiary alicyclic amines) is 1. The molecule has 100 valence electrons. The largest absolute Gasteiger partial charge is 0.481 e. The van der Waals surface area contributed by atoms with Crippen molar-refractivity contribution in [2.75, 3.05) is 32.8 Å². The monoisotopic (exact) mass is 256 g/mol. The number of rotatable bonds is 4. The molecule has 7 nitrogen and oxygen atoms in total. The number of aliphatic carboxylic acids is 1. The van der Waals surface area contributed by atoms with Crippen molar-refractivity contribution in [1.29, 1.82) is 0 Å². The molecule has 1 N–H and O–H groups in total. The number of nitrogens with zero attached hydrogens (tertiary/aromatic N) is 2. The molecule has 18 heavy (non-hydrogen) atoms. The van der Waals surface area contributed by atoms with Crippen molar-refractivity contribution in [3.8, 4) is 0 Å². The van der Waals surface area contributed by atoms with Gasteiger partial charge < -0.3 is 19.6 Å². The van der Waals surface area contributed by atoms with Crippen molar-refractivity contribution < 1.29 is 24.2 Å². The number of cyclic esters (lactones) is 1. The van der Waals surface area contributed by atoms with Crippen molar-refractivity contribution in [3.05, 3.63) is 0 Å². The maximum Gasteiger partial charge on any atom is 0.409 e. The second kappa shape index (κ2) is 5.24. The van der Waals surface area contributed by atoms with E-state index in [0.717, 1.165) is 6.42 Å². The van der Waals surface area contributed by atoms with Gasteiger partial charge in [0.05, 0.1) is 12.5 Å².